The number of rotatable bonds is 4. The van der Waals surface area contributed by atoms with Crippen molar-refractivity contribution in [2.45, 2.75) is 43.6 Å². The Bertz CT molecular complexity index is 1020. The number of fused-ring (bicyclic) bond motifs is 1. The first kappa shape index (κ1) is 24.7. The highest BCUT2D eigenvalue weighted by molar-refractivity contribution is 5.92. The number of carbonyl (C=O) groups is 2. The number of nitrogens with zero attached hydrogens (tertiary/aromatic N) is 4. The van der Waals surface area contributed by atoms with Gasteiger partial charge in [0.05, 0.1) is 37.9 Å². The van der Waals surface area contributed by atoms with E-state index in [1.807, 2.05) is 23.1 Å². The molecule has 0 saturated carbocycles. The van der Waals surface area contributed by atoms with Gasteiger partial charge in [0.1, 0.15) is 11.8 Å². The van der Waals surface area contributed by atoms with Gasteiger partial charge in [-0.05, 0) is 37.1 Å². The Morgan fingerprint density at radius 2 is 1.75 bits per heavy atom. The van der Waals surface area contributed by atoms with E-state index in [0.29, 0.717) is 38.0 Å². The molecule has 5 rings (SSSR count). The predicted octanol–water partition coefficient (Wildman–Crippen LogP) is 1.57. The Morgan fingerprint density at radius 3 is 2.50 bits per heavy atom. The monoisotopic (exact) mass is 494 g/mol. The van der Waals surface area contributed by atoms with Crippen molar-refractivity contribution < 1.29 is 24.2 Å². The third kappa shape index (κ3) is 5.69. The van der Waals surface area contributed by atoms with Gasteiger partial charge < -0.3 is 29.3 Å². The number of piperazine rings is 1. The summed E-state index contributed by atoms with van der Waals surface area (Å²) in [4.78, 5) is 36.5. The van der Waals surface area contributed by atoms with Gasteiger partial charge in [-0.1, -0.05) is 24.3 Å². The van der Waals surface area contributed by atoms with Crippen molar-refractivity contribution in [3.63, 3.8) is 0 Å². The van der Waals surface area contributed by atoms with Gasteiger partial charge >= 0.3 is 0 Å². The number of aromatic nitrogens is 1. The molecule has 4 heterocycles. The van der Waals surface area contributed by atoms with Crippen LogP contribution in [0.5, 0.6) is 0 Å². The van der Waals surface area contributed by atoms with Crippen LogP contribution in [-0.4, -0.2) is 102 Å². The van der Waals surface area contributed by atoms with E-state index >= 15 is 0 Å². The maximum absolute atomic E-state index is 13.3. The first-order valence-electron chi connectivity index (χ1n) is 12.8. The van der Waals surface area contributed by atoms with Crippen LogP contribution in [0.4, 0.5) is 5.69 Å². The Morgan fingerprint density at radius 1 is 0.972 bits per heavy atom. The zero-order valence-corrected chi connectivity index (χ0v) is 20.4. The van der Waals surface area contributed by atoms with Gasteiger partial charge in [0.25, 0.3) is 5.91 Å². The molecular weight excluding hydrogens is 460 g/mol. The van der Waals surface area contributed by atoms with Crippen molar-refractivity contribution in [1.82, 2.24) is 14.8 Å². The lowest BCUT2D eigenvalue weighted by atomic mass is 9.94. The maximum Gasteiger partial charge on any atom is 0.272 e. The molecule has 3 aliphatic heterocycles. The molecule has 0 aliphatic carbocycles. The smallest absolute Gasteiger partial charge is 0.272 e. The summed E-state index contributed by atoms with van der Waals surface area (Å²) < 4.78 is 12.0. The molecule has 3 aliphatic rings. The summed E-state index contributed by atoms with van der Waals surface area (Å²) in [6, 6.07) is 15.3. The number of carbonyl (C=O) groups excluding carboxylic acids is 2. The van der Waals surface area contributed by atoms with Crippen LogP contribution >= 0.6 is 0 Å². The second-order valence-electron chi connectivity index (χ2n) is 9.71. The lowest BCUT2D eigenvalue weighted by Crippen LogP contribution is -2.58. The molecule has 3 saturated heterocycles. The van der Waals surface area contributed by atoms with Crippen molar-refractivity contribution >= 4 is 17.5 Å². The van der Waals surface area contributed by atoms with E-state index in [9.17, 15) is 14.7 Å². The molecule has 192 valence electrons. The normalized spacial score (nSPS) is 27.1. The second kappa shape index (κ2) is 11.4. The minimum atomic E-state index is -0.771. The summed E-state index contributed by atoms with van der Waals surface area (Å²) >= 11 is 0. The molecule has 0 radical (unpaired) electrons. The summed E-state index contributed by atoms with van der Waals surface area (Å²) in [5, 5.41) is 10.3. The standard InChI is InChI=1S/C27H34N4O5/c32-21-17-31(27(34)23-8-4-5-11-28-23)24-10-9-22(36-25(24)19-35-18-21)16-26(33)30-14-12-29(13-15-30)20-6-2-1-3-7-20/h1-8,11,21-22,24-25,32H,9-10,12-19H2/t21-,22+,24-,25+/m1/s1. The number of hydrogen-bond acceptors (Lipinski definition) is 7. The maximum atomic E-state index is 13.3. The fraction of sp³-hybridized carbons (Fsp3) is 0.519. The number of amides is 2. The molecular formula is C27H34N4O5. The second-order valence-corrected chi connectivity index (χ2v) is 9.71. The van der Waals surface area contributed by atoms with E-state index in [1.54, 1.807) is 29.3 Å². The highest BCUT2D eigenvalue weighted by Crippen LogP contribution is 2.29. The first-order valence-corrected chi connectivity index (χ1v) is 12.8. The number of benzene rings is 1. The number of pyridine rings is 1. The molecule has 2 amide bonds. The van der Waals surface area contributed by atoms with Crippen LogP contribution in [0.3, 0.4) is 0 Å². The lowest BCUT2D eigenvalue weighted by Gasteiger charge is -2.44. The molecule has 3 fully saturated rings. The number of anilines is 1. The molecule has 1 aromatic heterocycles. The summed E-state index contributed by atoms with van der Waals surface area (Å²) in [5.74, 6) is -0.115. The largest absolute Gasteiger partial charge is 0.389 e. The van der Waals surface area contributed by atoms with Gasteiger partial charge in [-0.2, -0.15) is 0 Å². The van der Waals surface area contributed by atoms with Gasteiger partial charge in [-0.25, -0.2) is 0 Å². The van der Waals surface area contributed by atoms with E-state index < -0.39 is 6.10 Å². The summed E-state index contributed by atoms with van der Waals surface area (Å²) in [7, 11) is 0. The number of β-amino-alcohol motifs (C(OH)–C–C–N with tert-alkyl or cyclic N) is 1. The minimum absolute atomic E-state index is 0.106. The van der Waals surface area contributed by atoms with Crippen molar-refractivity contribution in [3.05, 3.63) is 60.4 Å². The van der Waals surface area contributed by atoms with Crippen LogP contribution < -0.4 is 4.90 Å². The van der Waals surface area contributed by atoms with Crippen molar-refractivity contribution in [3.8, 4) is 0 Å². The fourth-order valence-corrected chi connectivity index (χ4v) is 5.39. The van der Waals surface area contributed by atoms with Crippen LogP contribution in [-0.2, 0) is 14.3 Å². The zero-order chi connectivity index (χ0) is 24.9. The molecule has 1 N–H and O–H groups in total. The number of para-hydroxylation sites is 1. The number of aliphatic hydroxyl groups excluding tert-OH is 1. The number of hydrogen-bond donors (Lipinski definition) is 1. The average Bonchev–Trinajstić information content (AvgIpc) is 2.92. The van der Waals surface area contributed by atoms with Crippen LogP contribution in [0.1, 0.15) is 29.8 Å². The van der Waals surface area contributed by atoms with Gasteiger partial charge in [0.2, 0.25) is 5.91 Å². The highest BCUT2D eigenvalue weighted by atomic mass is 16.5. The Kier molecular flexibility index (Phi) is 7.79. The van der Waals surface area contributed by atoms with Crippen molar-refractivity contribution in [2.24, 2.45) is 0 Å². The van der Waals surface area contributed by atoms with Gasteiger partial charge in [0, 0.05) is 44.6 Å². The van der Waals surface area contributed by atoms with Crippen LogP contribution in [0.25, 0.3) is 0 Å². The molecule has 9 heteroatoms. The summed E-state index contributed by atoms with van der Waals surface area (Å²) in [5.41, 5.74) is 1.53. The SMILES string of the molecule is O=C(C[C@@H]1CC[C@@H]2[C@H](COC[C@H](O)CN2C(=O)c2ccccn2)O1)N1CCN(c2ccccc2)CC1. The van der Waals surface area contributed by atoms with E-state index in [4.69, 9.17) is 9.47 Å². The predicted molar refractivity (Wildman–Crippen MR) is 134 cm³/mol. The quantitative estimate of drug-likeness (QED) is 0.689. The molecule has 9 nitrogen and oxygen atoms in total. The van der Waals surface area contributed by atoms with Crippen LogP contribution in [0.15, 0.2) is 54.7 Å². The van der Waals surface area contributed by atoms with Crippen molar-refractivity contribution in [2.75, 3.05) is 50.8 Å². The van der Waals surface area contributed by atoms with E-state index in [2.05, 4.69) is 22.0 Å². The Labute approximate surface area is 211 Å². The van der Waals surface area contributed by atoms with Crippen LogP contribution in [0.2, 0.25) is 0 Å². The molecule has 0 unspecified atom stereocenters. The number of ether oxygens (including phenoxy) is 2. The van der Waals surface area contributed by atoms with Gasteiger partial charge in [-0.3, -0.25) is 14.6 Å². The lowest BCUT2D eigenvalue weighted by molar-refractivity contribution is -0.155. The molecule has 36 heavy (non-hydrogen) atoms. The van der Waals surface area contributed by atoms with E-state index in [-0.39, 0.29) is 49.8 Å². The van der Waals surface area contributed by atoms with Gasteiger partial charge in [0.15, 0.2) is 0 Å². The Balaban J connectivity index is 1.18. The van der Waals surface area contributed by atoms with E-state index in [1.165, 1.54) is 5.69 Å². The molecule has 0 bridgehead atoms. The molecule has 4 atom stereocenters. The molecule has 0 spiro atoms. The zero-order valence-electron chi connectivity index (χ0n) is 20.4. The fourth-order valence-electron chi connectivity index (χ4n) is 5.39. The Hall–Kier alpha value is -3.01. The topological polar surface area (TPSA) is 95.4 Å². The summed E-state index contributed by atoms with van der Waals surface area (Å²) in [6.45, 7) is 3.58. The molecule has 2 aromatic rings. The first-order chi connectivity index (χ1) is 17.6. The third-order valence-electron chi connectivity index (χ3n) is 7.28. The highest BCUT2D eigenvalue weighted by Gasteiger charge is 2.40. The van der Waals surface area contributed by atoms with Crippen LogP contribution in [0, 0.1) is 0 Å². The van der Waals surface area contributed by atoms with E-state index in [0.717, 1.165) is 13.1 Å². The third-order valence-corrected chi connectivity index (χ3v) is 7.28. The minimum Gasteiger partial charge on any atom is -0.389 e. The molecule has 1 aromatic carbocycles. The number of aliphatic hydroxyl groups is 1. The van der Waals surface area contributed by atoms with Crippen molar-refractivity contribution in [1.29, 1.82) is 0 Å². The average molecular weight is 495 g/mol. The summed E-state index contributed by atoms with van der Waals surface area (Å²) in [6.07, 6.45) is 1.92. The van der Waals surface area contributed by atoms with Gasteiger partial charge in [-0.15, -0.1) is 0 Å².